The topological polar surface area (TPSA) is 35.6 Å². The van der Waals surface area contributed by atoms with E-state index in [0.29, 0.717) is 17.9 Å². The molecule has 1 fully saturated rings. The zero-order valence-electron chi connectivity index (χ0n) is 13.4. The summed E-state index contributed by atoms with van der Waals surface area (Å²) in [6.45, 7) is 9.56. The Balaban J connectivity index is 2.73. The molecule has 4 nitrogen and oxygen atoms in total. The molecule has 0 radical (unpaired) electrons. The van der Waals surface area contributed by atoms with E-state index in [0.717, 1.165) is 25.8 Å². The van der Waals surface area contributed by atoms with Crippen LogP contribution in [0.1, 0.15) is 47.0 Å². The summed E-state index contributed by atoms with van der Waals surface area (Å²) in [6.07, 6.45) is 3.24. The number of likely N-dealkylation sites (N-methyl/N-ethyl adjacent to an activating group) is 1. The normalized spacial score (nSPS) is 25.7. The molecule has 112 valence electrons. The van der Waals surface area contributed by atoms with Gasteiger partial charge in [-0.25, -0.2) is 0 Å². The van der Waals surface area contributed by atoms with Gasteiger partial charge in [-0.15, -0.1) is 0 Å². The van der Waals surface area contributed by atoms with Crippen molar-refractivity contribution in [3.8, 4) is 0 Å². The van der Waals surface area contributed by atoms with Gasteiger partial charge in [0.2, 0.25) is 5.91 Å². The van der Waals surface area contributed by atoms with Gasteiger partial charge in [0.05, 0.1) is 12.2 Å². The van der Waals surface area contributed by atoms with Crippen molar-refractivity contribution in [2.24, 2.45) is 5.92 Å². The first-order valence-corrected chi connectivity index (χ1v) is 7.59. The SMILES string of the molecule is CCCC1NC(CC(C)C)N(CC(C)N(C)C)C1=O. The van der Waals surface area contributed by atoms with E-state index in [-0.39, 0.29) is 12.2 Å². The minimum atomic E-state index is 0.0307. The highest BCUT2D eigenvalue weighted by Crippen LogP contribution is 2.20. The van der Waals surface area contributed by atoms with Gasteiger partial charge in [0.15, 0.2) is 0 Å². The molecule has 0 saturated carbocycles. The van der Waals surface area contributed by atoms with Gasteiger partial charge in [-0.1, -0.05) is 27.2 Å². The van der Waals surface area contributed by atoms with Crippen LogP contribution in [0.4, 0.5) is 0 Å². The van der Waals surface area contributed by atoms with Crippen LogP contribution in [0, 0.1) is 5.92 Å². The lowest BCUT2D eigenvalue weighted by atomic mass is 10.1. The predicted octanol–water partition coefficient (Wildman–Crippen LogP) is 1.91. The molecule has 1 heterocycles. The smallest absolute Gasteiger partial charge is 0.241 e. The number of nitrogens with one attached hydrogen (secondary N) is 1. The second-order valence-corrected chi connectivity index (χ2v) is 6.46. The predicted molar refractivity (Wildman–Crippen MR) is 79.9 cm³/mol. The summed E-state index contributed by atoms with van der Waals surface area (Å²) >= 11 is 0. The second kappa shape index (κ2) is 7.25. The first kappa shape index (κ1) is 16.4. The molecule has 0 aliphatic carbocycles. The molecule has 1 N–H and O–H groups in total. The molecule has 1 amide bonds. The third kappa shape index (κ3) is 4.46. The summed E-state index contributed by atoms with van der Waals surface area (Å²) < 4.78 is 0. The Morgan fingerprint density at radius 3 is 2.42 bits per heavy atom. The van der Waals surface area contributed by atoms with E-state index in [9.17, 15) is 4.79 Å². The van der Waals surface area contributed by atoms with Crippen molar-refractivity contribution in [2.45, 2.75) is 65.2 Å². The molecule has 0 aromatic carbocycles. The largest absolute Gasteiger partial charge is 0.324 e. The molecule has 1 rings (SSSR count). The maximum absolute atomic E-state index is 12.5. The summed E-state index contributed by atoms with van der Waals surface area (Å²) in [5.74, 6) is 0.893. The standard InChI is InChI=1S/C15H31N3O/c1-7-8-13-15(19)18(10-12(4)17(5)6)14(16-13)9-11(2)3/h11-14,16H,7-10H2,1-6H3. The van der Waals surface area contributed by atoms with Gasteiger partial charge in [-0.3, -0.25) is 10.1 Å². The summed E-state index contributed by atoms with van der Waals surface area (Å²) in [7, 11) is 4.14. The number of hydrogen-bond donors (Lipinski definition) is 1. The Hall–Kier alpha value is -0.610. The monoisotopic (exact) mass is 269 g/mol. The van der Waals surface area contributed by atoms with Crippen LogP contribution in [0.2, 0.25) is 0 Å². The van der Waals surface area contributed by atoms with E-state index in [4.69, 9.17) is 0 Å². The highest BCUT2D eigenvalue weighted by molar-refractivity contribution is 5.84. The highest BCUT2D eigenvalue weighted by atomic mass is 16.2. The van der Waals surface area contributed by atoms with Crippen molar-refractivity contribution < 1.29 is 4.79 Å². The molecule has 1 aliphatic rings. The maximum atomic E-state index is 12.5. The third-order valence-corrected chi connectivity index (χ3v) is 3.97. The lowest BCUT2D eigenvalue weighted by molar-refractivity contribution is -0.130. The number of nitrogens with zero attached hydrogens (tertiary/aromatic N) is 2. The second-order valence-electron chi connectivity index (χ2n) is 6.46. The van der Waals surface area contributed by atoms with Crippen LogP contribution in [0.15, 0.2) is 0 Å². The molecule has 4 heteroatoms. The molecular formula is C15H31N3O. The third-order valence-electron chi connectivity index (χ3n) is 3.97. The molecule has 1 saturated heterocycles. The van der Waals surface area contributed by atoms with Crippen molar-refractivity contribution in [3.63, 3.8) is 0 Å². The average Bonchev–Trinajstić information content (AvgIpc) is 2.57. The minimum Gasteiger partial charge on any atom is -0.324 e. The van der Waals surface area contributed by atoms with Gasteiger partial charge < -0.3 is 9.80 Å². The molecular weight excluding hydrogens is 238 g/mol. The highest BCUT2D eigenvalue weighted by Gasteiger charge is 2.38. The van der Waals surface area contributed by atoms with E-state index < -0.39 is 0 Å². The summed E-state index contributed by atoms with van der Waals surface area (Å²) in [6, 6.07) is 0.420. The number of amides is 1. The Bertz CT molecular complexity index is 291. The molecule has 19 heavy (non-hydrogen) atoms. The van der Waals surface area contributed by atoms with Crippen LogP contribution in [0.3, 0.4) is 0 Å². The van der Waals surface area contributed by atoms with Gasteiger partial charge >= 0.3 is 0 Å². The van der Waals surface area contributed by atoms with Gasteiger partial charge in [0.25, 0.3) is 0 Å². The Morgan fingerprint density at radius 2 is 1.95 bits per heavy atom. The molecule has 0 aromatic rings. The van der Waals surface area contributed by atoms with Gasteiger partial charge in [0.1, 0.15) is 0 Å². The average molecular weight is 269 g/mol. The van der Waals surface area contributed by atoms with Crippen molar-refractivity contribution in [2.75, 3.05) is 20.6 Å². The minimum absolute atomic E-state index is 0.0307. The quantitative estimate of drug-likeness (QED) is 0.767. The van der Waals surface area contributed by atoms with Crippen LogP contribution in [-0.2, 0) is 4.79 Å². The van der Waals surface area contributed by atoms with E-state index in [2.05, 4.69) is 56.9 Å². The fourth-order valence-electron chi connectivity index (χ4n) is 2.55. The zero-order chi connectivity index (χ0) is 14.6. The molecule has 0 spiro atoms. The van der Waals surface area contributed by atoms with Crippen LogP contribution >= 0.6 is 0 Å². The zero-order valence-corrected chi connectivity index (χ0v) is 13.4. The summed E-state index contributed by atoms with van der Waals surface area (Å²) in [5, 5.41) is 3.53. The van der Waals surface area contributed by atoms with Crippen LogP contribution in [0.5, 0.6) is 0 Å². The number of rotatable bonds is 7. The lowest BCUT2D eigenvalue weighted by Gasteiger charge is -2.30. The van der Waals surface area contributed by atoms with Crippen molar-refractivity contribution in [3.05, 3.63) is 0 Å². The lowest BCUT2D eigenvalue weighted by Crippen LogP contribution is -2.45. The molecule has 0 bridgehead atoms. The Kier molecular flexibility index (Phi) is 6.27. The maximum Gasteiger partial charge on any atom is 0.241 e. The summed E-state index contributed by atoms with van der Waals surface area (Å²) in [5.41, 5.74) is 0. The molecule has 3 unspecified atom stereocenters. The van der Waals surface area contributed by atoms with E-state index in [1.807, 2.05) is 0 Å². The van der Waals surface area contributed by atoms with Crippen LogP contribution < -0.4 is 5.32 Å². The van der Waals surface area contributed by atoms with E-state index in [1.165, 1.54) is 0 Å². The molecule has 1 aliphatic heterocycles. The van der Waals surface area contributed by atoms with Crippen LogP contribution in [0.25, 0.3) is 0 Å². The first-order chi connectivity index (χ1) is 8.86. The van der Waals surface area contributed by atoms with Crippen molar-refractivity contribution in [1.29, 1.82) is 0 Å². The van der Waals surface area contributed by atoms with E-state index in [1.54, 1.807) is 0 Å². The number of carbonyl (C=O) groups is 1. The fourth-order valence-corrected chi connectivity index (χ4v) is 2.55. The first-order valence-electron chi connectivity index (χ1n) is 7.59. The summed E-state index contributed by atoms with van der Waals surface area (Å²) in [4.78, 5) is 16.7. The molecule has 3 atom stereocenters. The van der Waals surface area contributed by atoms with Gasteiger partial charge in [0, 0.05) is 12.6 Å². The van der Waals surface area contributed by atoms with Crippen molar-refractivity contribution >= 4 is 5.91 Å². The Labute approximate surface area is 118 Å². The molecule has 0 aromatic heterocycles. The van der Waals surface area contributed by atoms with Gasteiger partial charge in [-0.05, 0) is 39.8 Å². The number of carbonyl (C=O) groups excluding carboxylic acids is 1. The van der Waals surface area contributed by atoms with E-state index >= 15 is 0 Å². The fraction of sp³-hybridized carbons (Fsp3) is 0.933. The van der Waals surface area contributed by atoms with Crippen molar-refractivity contribution in [1.82, 2.24) is 15.1 Å². The number of hydrogen-bond acceptors (Lipinski definition) is 3. The van der Waals surface area contributed by atoms with Gasteiger partial charge in [-0.2, -0.15) is 0 Å². The Morgan fingerprint density at radius 1 is 1.32 bits per heavy atom. The van der Waals surface area contributed by atoms with Crippen LogP contribution in [-0.4, -0.2) is 54.6 Å².